The van der Waals surface area contributed by atoms with Gasteiger partial charge in [-0.3, -0.25) is 0 Å². The van der Waals surface area contributed by atoms with Crippen molar-refractivity contribution in [3.8, 4) is 0 Å². The third-order valence-corrected chi connectivity index (χ3v) is 7.42. The standard InChI is InChI=1S/C18H22ClN5O3S/c19-16-3-1-2-4-17(16)28(25,26)24-7-5-23(6-8-24)18-13-15(14-20-21-18)22-9-11-27-12-10-22/h1-4,13-14H,5-12H2. The van der Waals surface area contributed by atoms with Crippen LogP contribution in [0.3, 0.4) is 0 Å². The summed E-state index contributed by atoms with van der Waals surface area (Å²) in [4.78, 5) is 4.44. The molecule has 0 spiro atoms. The van der Waals surface area contributed by atoms with Crippen LogP contribution >= 0.6 is 11.6 Å². The highest BCUT2D eigenvalue weighted by atomic mass is 35.5. The van der Waals surface area contributed by atoms with Crippen LogP contribution < -0.4 is 9.80 Å². The molecule has 10 heteroatoms. The van der Waals surface area contributed by atoms with E-state index in [4.69, 9.17) is 16.3 Å². The Hall–Kier alpha value is -1.94. The van der Waals surface area contributed by atoms with E-state index in [-0.39, 0.29) is 9.92 Å². The third kappa shape index (κ3) is 3.93. The molecule has 8 nitrogen and oxygen atoms in total. The first-order valence-corrected chi connectivity index (χ1v) is 11.0. The first kappa shape index (κ1) is 19.4. The van der Waals surface area contributed by atoms with Gasteiger partial charge in [0.1, 0.15) is 4.90 Å². The number of hydrogen-bond donors (Lipinski definition) is 0. The fraction of sp³-hybridized carbons (Fsp3) is 0.444. The Kier molecular flexibility index (Phi) is 5.68. The van der Waals surface area contributed by atoms with Gasteiger partial charge in [0.15, 0.2) is 5.82 Å². The second-order valence-corrected chi connectivity index (χ2v) is 9.01. The molecule has 0 radical (unpaired) electrons. The lowest BCUT2D eigenvalue weighted by Crippen LogP contribution is -2.49. The minimum atomic E-state index is -3.61. The molecule has 0 amide bonds. The van der Waals surface area contributed by atoms with Gasteiger partial charge in [0.25, 0.3) is 0 Å². The number of anilines is 2. The molecule has 1 aromatic carbocycles. The number of halogens is 1. The quantitative estimate of drug-likeness (QED) is 0.736. The number of hydrogen-bond acceptors (Lipinski definition) is 7. The predicted molar refractivity (Wildman–Crippen MR) is 107 cm³/mol. The van der Waals surface area contributed by atoms with E-state index in [1.807, 2.05) is 6.07 Å². The number of morpholine rings is 1. The summed E-state index contributed by atoms with van der Waals surface area (Å²) in [7, 11) is -3.61. The zero-order chi connectivity index (χ0) is 19.6. The summed E-state index contributed by atoms with van der Waals surface area (Å²) in [6, 6.07) is 8.55. The van der Waals surface area contributed by atoms with Crippen molar-refractivity contribution in [3.05, 3.63) is 41.6 Å². The molecule has 3 heterocycles. The number of ether oxygens (including phenoxy) is 1. The van der Waals surface area contributed by atoms with Gasteiger partial charge in [0.05, 0.1) is 30.1 Å². The molecule has 1 aromatic heterocycles. The van der Waals surface area contributed by atoms with E-state index in [0.29, 0.717) is 39.4 Å². The van der Waals surface area contributed by atoms with Gasteiger partial charge >= 0.3 is 0 Å². The molecule has 2 fully saturated rings. The van der Waals surface area contributed by atoms with E-state index in [1.54, 1.807) is 30.5 Å². The summed E-state index contributed by atoms with van der Waals surface area (Å²) >= 11 is 6.10. The number of aromatic nitrogens is 2. The molecule has 150 valence electrons. The lowest BCUT2D eigenvalue weighted by Gasteiger charge is -2.35. The van der Waals surface area contributed by atoms with Crippen molar-refractivity contribution >= 4 is 33.1 Å². The van der Waals surface area contributed by atoms with E-state index in [9.17, 15) is 8.42 Å². The van der Waals surface area contributed by atoms with Crippen LogP contribution in [-0.4, -0.2) is 75.4 Å². The molecule has 0 saturated carbocycles. The lowest BCUT2D eigenvalue weighted by molar-refractivity contribution is 0.122. The van der Waals surface area contributed by atoms with Crippen molar-refractivity contribution in [1.82, 2.24) is 14.5 Å². The van der Waals surface area contributed by atoms with Gasteiger partial charge in [-0.2, -0.15) is 9.40 Å². The molecular weight excluding hydrogens is 402 g/mol. The monoisotopic (exact) mass is 423 g/mol. The molecule has 2 aliphatic heterocycles. The molecular formula is C18H22ClN5O3S. The second-order valence-electron chi connectivity index (χ2n) is 6.69. The molecule has 28 heavy (non-hydrogen) atoms. The van der Waals surface area contributed by atoms with Crippen molar-refractivity contribution in [3.63, 3.8) is 0 Å². The van der Waals surface area contributed by atoms with Crippen LogP contribution in [0, 0.1) is 0 Å². The molecule has 0 aliphatic carbocycles. The lowest BCUT2D eigenvalue weighted by atomic mass is 10.3. The van der Waals surface area contributed by atoms with Gasteiger partial charge in [-0.1, -0.05) is 23.7 Å². The molecule has 0 atom stereocenters. The first-order chi connectivity index (χ1) is 13.6. The maximum absolute atomic E-state index is 12.9. The minimum Gasteiger partial charge on any atom is -0.378 e. The average Bonchev–Trinajstić information content (AvgIpc) is 2.75. The van der Waals surface area contributed by atoms with E-state index >= 15 is 0 Å². The van der Waals surface area contributed by atoms with Crippen molar-refractivity contribution in [2.75, 3.05) is 62.3 Å². The van der Waals surface area contributed by atoms with Gasteiger partial charge in [-0.15, -0.1) is 5.10 Å². The summed E-state index contributed by atoms with van der Waals surface area (Å²) in [5.41, 5.74) is 1.01. The summed E-state index contributed by atoms with van der Waals surface area (Å²) < 4.78 is 32.6. The molecule has 2 aliphatic rings. The van der Waals surface area contributed by atoms with Gasteiger partial charge in [-0.05, 0) is 12.1 Å². The van der Waals surface area contributed by atoms with E-state index in [0.717, 1.165) is 24.6 Å². The topological polar surface area (TPSA) is 78.9 Å². The van der Waals surface area contributed by atoms with Crippen molar-refractivity contribution in [1.29, 1.82) is 0 Å². The van der Waals surface area contributed by atoms with Crippen LogP contribution in [0.5, 0.6) is 0 Å². The zero-order valence-corrected chi connectivity index (χ0v) is 16.9. The van der Waals surface area contributed by atoms with Gasteiger partial charge in [0.2, 0.25) is 10.0 Å². The fourth-order valence-corrected chi connectivity index (χ4v) is 5.36. The normalized spacial score (nSPS) is 19.0. The maximum Gasteiger partial charge on any atom is 0.244 e. The third-order valence-electron chi connectivity index (χ3n) is 5.02. The number of sulfonamides is 1. The SMILES string of the molecule is O=S(=O)(c1ccccc1Cl)N1CCN(c2cc(N3CCOCC3)cnn2)CC1. The number of piperazine rings is 1. The second kappa shape index (κ2) is 8.20. The highest BCUT2D eigenvalue weighted by Gasteiger charge is 2.30. The minimum absolute atomic E-state index is 0.152. The zero-order valence-electron chi connectivity index (χ0n) is 15.4. The average molecular weight is 424 g/mol. The molecule has 0 unspecified atom stereocenters. The maximum atomic E-state index is 12.9. The highest BCUT2D eigenvalue weighted by Crippen LogP contribution is 2.26. The Labute approximate surface area is 169 Å². The van der Waals surface area contributed by atoms with E-state index in [1.165, 1.54) is 4.31 Å². The highest BCUT2D eigenvalue weighted by molar-refractivity contribution is 7.89. The Morgan fingerprint density at radius 3 is 2.39 bits per heavy atom. The number of nitrogens with zero attached hydrogens (tertiary/aromatic N) is 5. The van der Waals surface area contributed by atoms with Gasteiger partial charge in [-0.25, -0.2) is 8.42 Å². The fourth-order valence-electron chi connectivity index (χ4n) is 3.45. The summed E-state index contributed by atoms with van der Waals surface area (Å²) in [5, 5.41) is 8.63. The van der Waals surface area contributed by atoms with Crippen molar-refractivity contribution in [2.24, 2.45) is 0 Å². The largest absolute Gasteiger partial charge is 0.378 e. The smallest absolute Gasteiger partial charge is 0.244 e. The van der Waals surface area contributed by atoms with Crippen LogP contribution in [0.2, 0.25) is 5.02 Å². The van der Waals surface area contributed by atoms with Crippen LogP contribution in [-0.2, 0) is 14.8 Å². The van der Waals surface area contributed by atoms with Crippen molar-refractivity contribution in [2.45, 2.75) is 4.90 Å². The van der Waals surface area contributed by atoms with E-state index < -0.39 is 10.0 Å². The van der Waals surface area contributed by atoms with Gasteiger partial charge in [0, 0.05) is 45.3 Å². The molecule has 2 saturated heterocycles. The predicted octanol–water partition coefficient (Wildman–Crippen LogP) is 1.48. The Balaban J connectivity index is 1.45. The van der Waals surface area contributed by atoms with Crippen LogP contribution in [0.15, 0.2) is 41.4 Å². The molecule has 0 N–H and O–H groups in total. The molecule has 4 rings (SSSR count). The summed E-state index contributed by atoms with van der Waals surface area (Å²) in [5.74, 6) is 0.763. The van der Waals surface area contributed by atoms with Crippen molar-refractivity contribution < 1.29 is 13.2 Å². The molecule has 0 bridgehead atoms. The van der Waals surface area contributed by atoms with Crippen LogP contribution in [0.4, 0.5) is 11.5 Å². The van der Waals surface area contributed by atoms with Crippen LogP contribution in [0.1, 0.15) is 0 Å². The Bertz CT molecular complexity index is 928. The Morgan fingerprint density at radius 2 is 1.68 bits per heavy atom. The van der Waals surface area contributed by atoms with E-state index in [2.05, 4.69) is 20.0 Å². The summed E-state index contributed by atoms with van der Waals surface area (Å²) in [6.07, 6.45) is 1.76. The molecule has 2 aromatic rings. The summed E-state index contributed by atoms with van der Waals surface area (Å²) in [6.45, 7) is 4.90. The van der Waals surface area contributed by atoms with Gasteiger partial charge < -0.3 is 14.5 Å². The van der Waals surface area contributed by atoms with Crippen LogP contribution in [0.25, 0.3) is 0 Å². The number of rotatable bonds is 4. The Morgan fingerprint density at radius 1 is 0.964 bits per heavy atom. The number of benzene rings is 1. The first-order valence-electron chi connectivity index (χ1n) is 9.21.